The molecule has 2 N–H and O–H groups in total. The molecule has 106 valence electrons. The molecule has 1 saturated heterocycles. The van der Waals surface area contributed by atoms with Crippen molar-refractivity contribution < 1.29 is 9.53 Å². The molecule has 5 heteroatoms. The molecule has 0 saturated carbocycles. The highest BCUT2D eigenvalue weighted by Crippen LogP contribution is 2.12. The standard InChI is InChI=1S/C14H20N2O2.ClH/c1-18-13-4-2-3-11(9-13)5-8-16-14(17)12-6-7-15-10-12;/h2-4,9,12,15H,5-8,10H2,1H3,(H,16,17);1H. The molecule has 1 aliphatic heterocycles. The fourth-order valence-corrected chi connectivity index (χ4v) is 2.18. The van der Waals surface area contributed by atoms with Gasteiger partial charge in [-0.05, 0) is 37.1 Å². The van der Waals surface area contributed by atoms with Gasteiger partial charge >= 0.3 is 0 Å². The van der Waals surface area contributed by atoms with Crippen LogP contribution in [0.1, 0.15) is 12.0 Å². The molecule has 4 nitrogen and oxygen atoms in total. The summed E-state index contributed by atoms with van der Waals surface area (Å²) in [6.45, 7) is 2.45. The zero-order valence-electron chi connectivity index (χ0n) is 11.1. The average molecular weight is 285 g/mol. The summed E-state index contributed by atoms with van der Waals surface area (Å²) in [6, 6.07) is 7.94. The van der Waals surface area contributed by atoms with E-state index in [1.54, 1.807) is 7.11 Å². The van der Waals surface area contributed by atoms with Crippen molar-refractivity contribution in [3.05, 3.63) is 29.8 Å². The molecule has 1 aromatic rings. The predicted octanol–water partition coefficient (Wildman–Crippen LogP) is 1.39. The first-order valence-corrected chi connectivity index (χ1v) is 6.41. The summed E-state index contributed by atoms with van der Waals surface area (Å²) in [4.78, 5) is 11.8. The summed E-state index contributed by atoms with van der Waals surface area (Å²) in [6.07, 6.45) is 1.79. The van der Waals surface area contributed by atoms with Gasteiger partial charge in [-0.15, -0.1) is 12.4 Å². The summed E-state index contributed by atoms with van der Waals surface area (Å²) in [7, 11) is 1.66. The fraction of sp³-hybridized carbons (Fsp3) is 0.500. The lowest BCUT2D eigenvalue weighted by molar-refractivity contribution is -0.124. The topological polar surface area (TPSA) is 50.4 Å². The second kappa shape index (κ2) is 8.02. The van der Waals surface area contributed by atoms with Gasteiger partial charge in [0.25, 0.3) is 0 Å². The minimum atomic E-state index is 0. The third-order valence-electron chi connectivity index (χ3n) is 3.28. The highest BCUT2D eigenvalue weighted by molar-refractivity contribution is 5.85. The lowest BCUT2D eigenvalue weighted by Crippen LogP contribution is -2.33. The summed E-state index contributed by atoms with van der Waals surface area (Å²) in [5.41, 5.74) is 1.18. The third kappa shape index (κ3) is 4.73. The average Bonchev–Trinajstić information content (AvgIpc) is 2.93. The monoisotopic (exact) mass is 284 g/mol. The van der Waals surface area contributed by atoms with Gasteiger partial charge in [-0.3, -0.25) is 4.79 Å². The largest absolute Gasteiger partial charge is 0.497 e. The summed E-state index contributed by atoms with van der Waals surface area (Å²) in [5, 5.41) is 6.19. The number of hydrogen-bond acceptors (Lipinski definition) is 3. The Hall–Kier alpha value is -1.26. The molecule has 1 aliphatic rings. The van der Waals surface area contributed by atoms with Gasteiger partial charge < -0.3 is 15.4 Å². The fourth-order valence-electron chi connectivity index (χ4n) is 2.18. The first kappa shape index (κ1) is 15.8. The molecule has 19 heavy (non-hydrogen) atoms. The van der Waals surface area contributed by atoms with Gasteiger partial charge in [0.05, 0.1) is 13.0 Å². The van der Waals surface area contributed by atoms with E-state index in [-0.39, 0.29) is 24.2 Å². The zero-order chi connectivity index (χ0) is 12.8. The lowest BCUT2D eigenvalue weighted by Gasteiger charge is -2.10. The van der Waals surface area contributed by atoms with Crippen molar-refractivity contribution in [2.45, 2.75) is 12.8 Å². The maximum Gasteiger partial charge on any atom is 0.224 e. The first-order valence-electron chi connectivity index (χ1n) is 6.41. The maximum absolute atomic E-state index is 11.8. The van der Waals surface area contributed by atoms with E-state index in [9.17, 15) is 4.79 Å². The Morgan fingerprint density at radius 1 is 1.53 bits per heavy atom. The normalized spacial score (nSPS) is 17.6. The van der Waals surface area contributed by atoms with Crippen LogP contribution in [0.25, 0.3) is 0 Å². The number of amides is 1. The minimum absolute atomic E-state index is 0. The SMILES string of the molecule is COc1cccc(CCNC(=O)C2CCNC2)c1.Cl. The van der Waals surface area contributed by atoms with Crippen LogP contribution in [0.2, 0.25) is 0 Å². The molecule has 1 heterocycles. The Morgan fingerprint density at radius 3 is 3.05 bits per heavy atom. The summed E-state index contributed by atoms with van der Waals surface area (Å²) < 4.78 is 5.17. The van der Waals surface area contributed by atoms with E-state index < -0.39 is 0 Å². The number of carbonyl (C=O) groups excluding carboxylic acids is 1. The van der Waals surface area contributed by atoms with Crippen molar-refractivity contribution in [2.75, 3.05) is 26.7 Å². The van der Waals surface area contributed by atoms with E-state index in [0.717, 1.165) is 31.7 Å². The number of carbonyl (C=O) groups is 1. The van der Waals surface area contributed by atoms with Gasteiger partial charge in [0.2, 0.25) is 5.91 Å². The second-order valence-electron chi connectivity index (χ2n) is 4.58. The predicted molar refractivity (Wildman–Crippen MR) is 77.9 cm³/mol. The summed E-state index contributed by atoms with van der Waals surface area (Å²) in [5.74, 6) is 1.18. The number of hydrogen-bond donors (Lipinski definition) is 2. The zero-order valence-corrected chi connectivity index (χ0v) is 12.0. The summed E-state index contributed by atoms with van der Waals surface area (Å²) >= 11 is 0. The Morgan fingerprint density at radius 2 is 2.37 bits per heavy atom. The molecule has 0 spiro atoms. The minimum Gasteiger partial charge on any atom is -0.497 e. The number of benzene rings is 1. The van der Waals surface area contributed by atoms with Crippen LogP contribution in [0.15, 0.2) is 24.3 Å². The van der Waals surface area contributed by atoms with Crippen molar-refractivity contribution in [3.63, 3.8) is 0 Å². The number of halogens is 1. The molecule has 1 fully saturated rings. The van der Waals surface area contributed by atoms with Crippen molar-refractivity contribution in [1.29, 1.82) is 0 Å². The smallest absolute Gasteiger partial charge is 0.224 e. The molecule has 0 aliphatic carbocycles. The highest BCUT2D eigenvalue weighted by Gasteiger charge is 2.21. The Labute approximate surface area is 120 Å². The molecule has 0 bridgehead atoms. The van der Waals surface area contributed by atoms with Crippen LogP contribution in [-0.4, -0.2) is 32.7 Å². The van der Waals surface area contributed by atoms with Gasteiger partial charge in [-0.25, -0.2) is 0 Å². The van der Waals surface area contributed by atoms with Crippen molar-refractivity contribution in [1.82, 2.24) is 10.6 Å². The Kier molecular flexibility index (Phi) is 6.67. The van der Waals surface area contributed by atoms with Crippen LogP contribution in [0, 0.1) is 5.92 Å². The van der Waals surface area contributed by atoms with Gasteiger partial charge in [0, 0.05) is 13.1 Å². The number of ether oxygens (including phenoxy) is 1. The van der Waals surface area contributed by atoms with Crippen molar-refractivity contribution in [2.24, 2.45) is 5.92 Å². The maximum atomic E-state index is 11.8. The lowest BCUT2D eigenvalue weighted by atomic mass is 10.1. The molecule has 1 amide bonds. The Bertz CT molecular complexity index is 406. The van der Waals surface area contributed by atoms with Crippen molar-refractivity contribution >= 4 is 18.3 Å². The molecular weight excluding hydrogens is 264 g/mol. The number of methoxy groups -OCH3 is 1. The second-order valence-corrected chi connectivity index (χ2v) is 4.58. The molecular formula is C14H21ClN2O2. The molecule has 1 unspecified atom stereocenters. The molecule has 1 aromatic carbocycles. The highest BCUT2D eigenvalue weighted by atomic mass is 35.5. The first-order chi connectivity index (χ1) is 8.79. The van der Waals surface area contributed by atoms with Gasteiger partial charge in [0.1, 0.15) is 5.75 Å². The van der Waals surface area contributed by atoms with Crippen LogP contribution >= 0.6 is 12.4 Å². The van der Waals surface area contributed by atoms with Gasteiger partial charge in [-0.2, -0.15) is 0 Å². The third-order valence-corrected chi connectivity index (χ3v) is 3.28. The van der Waals surface area contributed by atoms with Crippen LogP contribution in [0.4, 0.5) is 0 Å². The van der Waals surface area contributed by atoms with Crippen molar-refractivity contribution in [3.8, 4) is 5.75 Å². The van der Waals surface area contributed by atoms with Crippen LogP contribution in [0.5, 0.6) is 5.75 Å². The van der Waals surface area contributed by atoms with E-state index in [1.807, 2.05) is 24.3 Å². The van der Waals surface area contributed by atoms with E-state index in [0.29, 0.717) is 6.54 Å². The van der Waals surface area contributed by atoms with Crippen LogP contribution in [-0.2, 0) is 11.2 Å². The Balaban J connectivity index is 0.00000180. The van der Waals surface area contributed by atoms with E-state index in [1.165, 1.54) is 5.56 Å². The van der Waals surface area contributed by atoms with E-state index in [2.05, 4.69) is 10.6 Å². The molecule has 0 radical (unpaired) electrons. The van der Waals surface area contributed by atoms with Crippen LogP contribution in [0.3, 0.4) is 0 Å². The quantitative estimate of drug-likeness (QED) is 0.859. The van der Waals surface area contributed by atoms with Gasteiger partial charge in [0.15, 0.2) is 0 Å². The van der Waals surface area contributed by atoms with E-state index >= 15 is 0 Å². The number of nitrogens with one attached hydrogen (secondary N) is 2. The molecule has 2 rings (SSSR count). The molecule has 0 aromatic heterocycles. The van der Waals surface area contributed by atoms with Gasteiger partial charge in [-0.1, -0.05) is 12.1 Å². The molecule has 1 atom stereocenters. The van der Waals surface area contributed by atoms with Crippen LogP contribution < -0.4 is 15.4 Å². The van der Waals surface area contributed by atoms with E-state index in [4.69, 9.17) is 4.74 Å². The number of rotatable bonds is 5.